The van der Waals surface area contributed by atoms with Gasteiger partial charge in [-0.15, -0.1) is 22.9 Å². The van der Waals surface area contributed by atoms with E-state index in [4.69, 9.17) is 21.1 Å². The molecule has 2 rings (SSSR count). The lowest BCUT2D eigenvalue weighted by Crippen LogP contribution is -2.53. The molecule has 2 heterocycles. The maximum Gasteiger partial charge on any atom is 0.261 e. The van der Waals surface area contributed by atoms with E-state index in [0.29, 0.717) is 29.7 Å². The summed E-state index contributed by atoms with van der Waals surface area (Å²) in [6, 6.07) is 1.74. The van der Waals surface area contributed by atoms with Crippen molar-refractivity contribution in [2.75, 3.05) is 26.2 Å². The van der Waals surface area contributed by atoms with Crippen LogP contribution in [0.15, 0.2) is 11.4 Å². The average molecular weight is 290 g/mol. The Morgan fingerprint density at radius 2 is 2.33 bits per heavy atom. The summed E-state index contributed by atoms with van der Waals surface area (Å²) in [6.07, 6.45) is 1.51. The van der Waals surface area contributed by atoms with Crippen LogP contribution in [0.4, 0.5) is 0 Å². The highest BCUT2D eigenvalue weighted by atomic mass is 35.5. The number of amides is 1. The van der Waals surface area contributed by atoms with Crippen LogP contribution in [0.5, 0.6) is 5.75 Å². The van der Waals surface area contributed by atoms with Gasteiger partial charge in [0, 0.05) is 30.5 Å². The summed E-state index contributed by atoms with van der Waals surface area (Å²) < 4.78 is 10.4. The third-order valence-corrected chi connectivity index (χ3v) is 4.54. The van der Waals surface area contributed by atoms with E-state index in [9.17, 15) is 4.79 Å². The van der Waals surface area contributed by atoms with Gasteiger partial charge in [-0.1, -0.05) is 0 Å². The van der Waals surface area contributed by atoms with Gasteiger partial charge in [-0.3, -0.25) is 4.79 Å². The average Bonchev–Trinajstić information content (AvgIpc) is 2.88. The molecule has 6 heteroatoms. The molecule has 1 aliphatic heterocycles. The molecule has 1 amide bonds. The zero-order chi connectivity index (χ0) is 13.0. The Hall–Kier alpha value is -0.780. The van der Waals surface area contributed by atoms with Crippen LogP contribution in [0.1, 0.15) is 22.5 Å². The predicted octanol–water partition coefficient (Wildman–Crippen LogP) is 2.27. The van der Waals surface area contributed by atoms with E-state index in [1.807, 2.05) is 5.38 Å². The van der Waals surface area contributed by atoms with Gasteiger partial charge in [0.2, 0.25) is 0 Å². The first-order valence-electron chi connectivity index (χ1n) is 5.78. The van der Waals surface area contributed by atoms with Crippen molar-refractivity contribution in [2.45, 2.75) is 18.4 Å². The number of methoxy groups -OCH3 is 1. The third-order valence-electron chi connectivity index (χ3n) is 3.12. The quantitative estimate of drug-likeness (QED) is 0.865. The molecule has 0 bridgehead atoms. The summed E-state index contributed by atoms with van der Waals surface area (Å²) in [5.74, 6) is 1.02. The number of halogens is 1. The molecule has 4 nitrogen and oxygen atoms in total. The molecular formula is C12H16ClNO3S. The molecule has 0 saturated carbocycles. The van der Waals surface area contributed by atoms with Crippen LogP contribution in [0.25, 0.3) is 0 Å². The lowest BCUT2D eigenvalue weighted by molar-refractivity contribution is 0.0435. The summed E-state index contributed by atoms with van der Waals surface area (Å²) in [7, 11) is 1.59. The Morgan fingerprint density at radius 1 is 1.61 bits per heavy atom. The fraction of sp³-hybridized carbons (Fsp3) is 0.583. The maximum absolute atomic E-state index is 12.2. The molecule has 0 aliphatic carbocycles. The number of hydrogen-bond donors (Lipinski definition) is 1. The van der Waals surface area contributed by atoms with Crippen LogP contribution >= 0.6 is 22.9 Å². The zero-order valence-electron chi connectivity index (χ0n) is 10.2. The van der Waals surface area contributed by atoms with Crippen molar-refractivity contribution < 1.29 is 14.3 Å². The van der Waals surface area contributed by atoms with Crippen LogP contribution < -0.4 is 10.1 Å². The number of carbonyl (C=O) groups excluding carboxylic acids is 1. The van der Waals surface area contributed by atoms with Gasteiger partial charge in [-0.05, 0) is 12.8 Å². The molecule has 0 radical (unpaired) electrons. The normalized spacial score (nSPS) is 18.3. The number of nitrogens with one attached hydrogen (secondary N) is 1. The number of ether oxygens (including phenoxy) is 2. The summed E-state index contributed by atoms with van der Waals surface area (Å²) in [6.45, 7) is 1.28. The van der Waals surface area contributed by atoms with Crippen LogP contribution in [0.2, 0.25) is 0 Å². The Balaban J connectivity index is 2.04. The van der Waals surface area contributed by atoms with E-state index in [1.165, 1.54) is 11.3 Å². The van der Waals surface area contributed by atoms with Gasteiger partial charge in [0.25, 0.3) is 5.91 Å². The number of hydrogen-bond acceptors (Lipinski definition) is 4. The Bertz CT molecular complexity index is 415. The molecule has 1 fully saturated rings. The number of thiophene rings is 1. The standard InChI is InChI=1S/C12H16ClNO3S/c1-16-9-6-10(18-7-9)11(15)14-12(8-13)2-4-17-5-3-12/h6-7H,2-5,8H2,1H3,(H,14,15). The van der Waals surface area contributed by atoms with Crippen LogP contribution in [0.3, 0.4) is 0 Å². The minimum atomic E-state index is -0.339. The fourth-order valence-electron chi connectivity index (χ4n) is 1.90. The predicted molar refractivity (Wildman–Crippen MR) is 71.8 cm³/mol. The molecular weight excluding hydrogens is 274 g/mol. The van der Waals surface area contributed by atoms with Crippen molar-refractivity contribution in [3.8, 4) is 5.75 Å². The third kappa shape index (κ3) is 2.96. The van der Waals surface area contributed by atoms with Crippen molar-refractivity contribution >= 4 is 28.8 Å². The van der Waals surface area contributed by atoms with Gasteiger partial charge in [0.1, 0.15) is 5.75 Å². The van der Waals surface area contributed by atoms with E-state index < -0.39 is 0 Å². The van der Waals surface area contributed by atoms with Crippen LogP contribution in [-0.4, -0.2) is 37.6 Å². The van der Waals surface area contributed by atoms with Gasteiger partial charge in [-0.2, -0.15) is 0 Å². The Labute approximate surface area is 115 Å². The molecule has 1 aliphatic rings. The SMILES string of the molecule is COc1csc(C(=O)NC2(CCl)CCOCC2)c1. The van der Waals surface area contributed by atoms with Crippen molar-refractivity contribution in [3.05, 3.63) is 16.3 Å². The van der Waals surface area contributed by atoms with E-state index in [1.54, 1.807) is 13.2 Å². The second-order valence-electron chi connectivity index (χ2n) is 4.33. The lowest BCUT2D eigenvalue weighted by Gasteiger charge is -2.36. The molecule has 1 N–H and O–H groups in total. The van der Waals surface area contributed by atoms with Crippen LogP contribution in [-0.2, 0) is 4.74 Å². The second kappa shape index (κ2) is 5.91. The van der Waals surface area contributed by atoms with Gasteiger partial charge in [0.05, 0.1) is 17.5 Å². The smallest absolute Gasteiger partial charge is 0.261 e. The fourth-order valence-corrected chi connectivity index (χ4v) is 2.99. The highest BCUT2D eigenvalue weighted by molar-refractivity contribution is 7.12. The van der Waals surface area contributed by atoms with Crippen molar-refractivity contribution in [1.82, 2.24) is 5.32 Å². The zero-order valence-corrected chi connectivity index (χ0v) is 11.8. The Kier molecular flexibility index (Phi) is 4.48. The first kappa shape index (κ1) is 13.6. The number of carbonyl (C=O) groups is 1. The van der Waals surface area contributed by atoms with E-state index in [0.717, 1.165) is 12.8 Å². The molecule has 0 spiro atoms. The summed E-state index contributed by atoms with van der Waals surface area (Å²) in [5.41, 5.74) is -0.339. The number of rotatable bonds is 4. The van der Waals surface area contributed by atoms with Gasteiger partial charge in [-0.25, -0.2) is 0 Å². The molecule has 18 heavy (non-hydrogen) atoms. The highest BCUT2D eigenvalue weighted by Gasteiger charge is 2.33. The van der Waals surface area contributed by atoms with E-state index >= 15 is 0 Å². The molecule has 0 atom stereocenters. The van der Waals surface area contributed by atoms with Crippen molar-refractivity contribution in [3.63, 3.8) is 0 Å². The minimum Gasteiger partial charge on any atom is -0.496 e. The molecule has 1 aromatic heterocycles. The van der Waals surface area contributed by atoms with Gasteiger partial charge >= 0.3 is 0 Å². The summed E-state index contributed by atoms with van der Waals surface area (Å²) in [4.78, 5) is 12.8. The number of alkyl halides is 1. The Morgan fingerprint density at radius 3 is 2.89 bits per heavy atom. The maximum atomic E-state index is 12.2. The summed E-state index contributed by atoms with van der Waals surface area (Å²) >= 11 is 7.38. The van der Waals surface area contributed by atoms with Crippen LogP contribution in [0, 0.1) is 0 Å². The monoisotopic (exact) mass is 289 g/mol. The second-order valence-corrected chi connectivity index (χ2v) is 5.51. The first-order valence-corrected chi connectivity index (χ1v) is 7.19. The lowest BCUT2D eigenvalue weighted by atomic mass is 9.92. The molecule has 1 aromatic rings. The molecule has 1 saturated heterocycles. The largest absolute Gasteiger partial charge is 0.496 e. The van der Waals surface area contributed by atoms with E-state index in [2.05, 4.69) is 5.32 Å². The summed E-state index contributed by atoms with van der Waals surface area (Å²) in [5, 5.41) is 4.85. The first-order chi connectivity index (χ1) is 8.69. The van der Waals surface area contributed by atoms with Gasteiger partial charge in [0.15, 0.2) is 0 Å². The topological polar surface area (TPSA) is 47.6 Å². The molecule has 0 aromatic carbocycles. The molecule has 100 valence electrons. The highest BCUT2D eigenvalue weighted by Crippen LogP contribution is 2.25. The van der Waals surface area contributed by atoms with E-state index in [-0.39, 0.29) is 11.4 Å². The van der Waals surface area contributed by atoms with Crippen molar-refractivity contribution in [2.24, 2.45) is 0 Å². The minimum absolute atomic E-state index is 0.0918. The van der Waals surface area contributed by atoms with Crippen molar-refractivity contribution in [1.29, 1.82) is 0 Å². The molecule has 0 unspecified atom stereocenters. The van der Waals surface area contributed by atoms with Gasteiger partial charge < -0.3 is 14.8 Å².